The number of methoxy groups -OCH3 is 1. The van der Waals surface area contributed by atoms with Gasteiger partial charge in [-0.1, -0.05) is 36.4 Å². The average molecular weight is 356 g/mol. The summed E-state index contributed by atoms with van der Waals surface area (Å²) in [5.41, 5.74) is 2.59. The van der Waals surface area contributed by atoms with Crippen LogP contribution in [-0.2, 0) is 11.2 Å². The number of hydrogen-bond donors (Lipinski definition) is 1. The molecule has 0 fully saturated rings. The van der Waals surface area contributed by atoms with E-state index < -0.39 is 5.82 Å². The number of nitrogens with one attached hydrogen (secondary N) is 1. The average Bonchev–Trinajstić information content (AvgIpc) is 3.09. The minimum atomic E-state index is -0.423. The molecule has 1 heterocycles. The smallest absolute Gasteiger partial charge is 0.226 e. The summed E-state index contributed by atoms with van der Waals surface area (Å²) in [5.74, 6) is -0.373. The third-order valence-corrected chi connectivity index (χ3v) is 4.43. The summed E-state index contributed by atoms with van der Waals surface area (Å²) in [6.07, 6.45) is 0.704. The first-order valence-electron chi connectivity index (χ1n) is 7.79. The molecule has 4 nitrogen and oxygen atoms in total. The molecule has 0 bridgehead atoms. The van der Waals surface area contributed by atoms with Crippen LogP contribution in [0.2, 0.25) is 0 Å². The number of amides is 1. The van der Waals surface area contributed by atoms with Crippen molar-refractivity contribution >= 4 is 22.4 Å². The fourth-order valence-electron chi connectivity index (χ4n) is 2.38. The number of benzene rings is 2. The van der Waals surface area contributed by atoms with Crippen molar-refractivity contribution in [3.8, 4) is 17.0 Å². The molecule has 0 aliphatic heterocycles. The van der Waals surface area contributed by atoms with Gasteiger partial charge in [-0.3, -0.25) is 4.79 Å². The van der Waals surface area contributed by atoms with Crippen molar-refractivity contribution in [2.75, 3.05) is 12.4 Å². The molecule has 1 amide bonds. The van der Waals surface area contributed by atoms with Gasteiger partial charge in [-0.2, -0.15) is 0 Å². The number of halogens is 1. The Labute approximate surface area is 149 Å². The quantitative estimate of drug-likeness (QED) is 0.706. The molecule has 0 saturated heterocycles. The van der Waals surface area contributed by atoms with Crippen LogP contribution in [0, 0.1) is 5.82 Å². The number of carbonyl (C=O) groups excluding carboxylic acids is 1. The Hall–Kier alpha value is -2.73. The SMILES string of the molecule is COc1ccc(CCC(=O)Nc2nc(-c3ccccc3)cs2)cc1F. The van der Waals surface area contributed by atoms with E-state index in [2.05, 4.69) is 10.3 Å². The van der Waals surface area contributed by atoms with Crippen LogP contribution in [0.15, 0.2) is 53.9 Å². The highest BCUT2D eigenvalue weighted by Gasteiger charge is 2.09. The van der Waals surface area contributed by atoms with Crippen LogP contribution in [0.5, 0.6) is 5.75 Å². The molecule has 2 aromatic carbocycles. The fraction of sp³-hybridized carbons (Fsp3) is 0.158. The van der Waals surface area contributed by atoms with Gasteiger partial charge in [0.05, 0.1) is 12.8 Å². The molecule has 25 heavy (non-hydrogen) atoms. The van der Waals surface area contributed by atoms with Gasteiger partial charge >= 0.3 is 0 Å². The van der Waals surface area contributed by atoms with Crippen molar-refractivity contribution in [3.05, 3.63) is 65.3 Å². The van der Waals surface area contributed by atoms with Crippen LogP contribution >= 0.6 is 11.3 Å². The Morgan fingerprint density at radius 1 is 1.24 bits per heavy atom. The number of ether oxygens (including phenoxy) is 1. The van der Waals surface area contributed by atoms with E-state index in [9.17, 15) is 9.18 Å². The molecule has 0 spiro atoms. The highest BCUT2D eigenvalue weighted by atomic mass is 32.1. The second-order valence-corrected chi connectivity index (χ2v) is 6.28. The molecule has 1 aromatic heterocycles. The summed E-state index contributed by atoms with van der Waals surface area (Å²) in [6.45, 7) is 0. The highest BCUT2D eigenvalue weighted by molar-refractivity contribution is 7.14. The van der Waals surface area contributed by atoms with Crippen LogP contribution in [0.1, 0.15) is 12.0 Å². The van der Waals surface area contributed by atoms with E-state index in [0.29, 0.717) is 11.6 Å². The van der Waals surface area contributed by atoms with Gasteiger partial charge in [0.2, 0.25) is 5.91 Å². The van der Waals surface area contributed by atoms with Gasteiger partial charge in [-0.05, 0) is 24.1 Å². The van der Waals surface area contributed by atoms with Crippen LogP contribution in [0.25, 0.3) is 11.3 Å². The monoisotopic (exact) mass is 356 g/mol. The predicted octanol–water partition coefficient (Wildman–Crippen LogP) is 4.53. The van der Waals surface area contributed by atoms with Crippen LogP contribution < -0.4 is 10.1 Å². The number of aromatic nitrogens is 1. The lowest BCUT2D eigenvalue weighted by Gasteiger charge is -2.05. The number of thiazole rings is 1. The van der Waals surface area contributed by atoms with Gasteiger partial charge in [0.15, 0.2) is 16.7 Å². The standard InChI is InChI=1S/C19H17FN2O2S/c1-24-17-9-7-13(11-15(17)20)8-10-18(23)22-19-21-16(12-25-19)14-5-3-2-4-6-14/h2-7,9,11-12H,8,10H2,1H3,(H,21,22,23). The number of aryl methyl sites for hydroxylation is 1. The Morgan fingerprint density at radius 3 is 2.76 bits per heavy atom. The van der Waals surface area contributed by atoms with Gasteiger partial charge in [-0.15, -0.1) is 11.3 Å². The van der Waals surface area contributed by atoms with Crippen molar-refractivity contribution in [1.82, 2.24) is 4.98 Å². The van der Waals surface area contributed by atoms with Gasteiger partial charge in [-0.25, -0.2) is 9.37 Å². The summed E-state index contributed by atoms with van der Waals surface area (Å²) < 4.78 is 18.5. The Morgan fingerprint density at radius 2 is 2.04 bits per heavy atom. The van der Waals surface area contributed by atoms with Crippen LogP contribution in [-0.4, -0.2) is 18.0 Å². The zero-order valence-corrected chi connectivity index (χ0v) is 14.5. The van der Waals surface area contributed by atoms with Crippen molar-refractivity contribution in [1.29, 1.82) is 0 Å². The largest absolute Gasteiger partial charge is 0.494 e. The van der Waals surface area contributed by atoms with Crippen LogP contribution in [0.4, 0.5) is 9.52 Å². The molecule has 0 saturated carbocycles. The summed E-state index contributed by atoms with van der Waals surface area (Å²) in [4.78, 5) is 16.5. The molecule has 0 unspecified atom stereocenters. The zero-order chi connectivity index (χ0) is 17.6. The lowest BCUT2D eigenvalue weighted by atomic mass is 10.1. The number of hydrogen-bond acceptors (Lipinski definition) is 4. The normalized spacial score (nSPS) is 10.5. The lowest BCUT2D eigenvalue weighted by molar-refractivity contribution is -0.116. The molecule has 6 heteroatoms. The molecule has 0 atom stereocenters. The maximum Gasteiger partial charge on any atom is 0.226 e. The molecule has 0 aliphatic carbocycles. The maximum absolute atomic E-state index is 13.7. The second-order valence-electron chi connectivity index (χ2n) is 5.42. The van der Waals surface area contributed by atoms with E-state index in [0.717, 1.165) is 16.8 Å². The first kappa shape index (κ1) is 17.1. The molecule has 1 N–H and O–H groups in total. The van der Waals surface area contributed by atoms with E-state index in [-0.39, 0.29) is 18.1 Å². The third-order valence-electron chi connectivity index (χ3n) is 3.68. The Balaban J connectivity index is 1.56. The number of nitrogens with zero attached hydrogens (tertiary/aromatic N) is 1. The number of rotatable bonds is 6. The van der Waals surface area contributed by atoms with Gasteiger partial charge in [0.25, 0.3) is 0 Å². The minimum absolute atomic E-state index is 0.148. The minimum Gasteiger partial charge on any atom is -0.494 e. The topological polar surface area (TPSA) is 51.2 Å². The van der Waals surface area contributed by atoms with Crippen molar-refractivity contribution < 1.29 is 13.9 Å². The van der Waals surface area contributed by atoms with Gasteiger partial charge < -0.3 is 10.1 Å². The fourth-order valence-corrected chi connectivity index (χ4v) is 3.11. The maximum atomic E-state index is 13.7. The van der Waals surface area contributed by atoms with Crippen molar-refractivity contribution in [3.63, 3.8) is 0 Å². The van der Waals surface area contributed by atoms with Gasteiger partial charge in [0.1, 0.15) is 0 Å². The van der Waals surface area contributed by atoms with Crippen molar-refractivity contribution in [2.45, 2.75) is 12.8 Å². The number of carbonyl (C=O) groups is 1. The second kappa shape index (κ2) is 7.90. The molecule has 3 aromatic rings. The van der Waals surface area contributed by atoms with E-state index in [1.54, 1.807) is 12.1 Å². The Kier molecular flexibility index (Phi) is 5.40. The lowest BCUT2D eigenvalue weighted by Crippen LogP contribution is -2.12. The van der Waals surface area contributed by atoms with E-state index in [4.69, 9.17) is 4.74 Å². The molecule has 0 aliphatic rings. The Bertz CT molecular complexity index is 865. The molecule has 128 valence electrons. The third kappa shape index (κ3) is 4.42. The van der Waals surface area contributed by atoms with Crippen molar-refractivity contribution in [2.24, 2.45) is 0 Å². The highest BCUT2D eigenvalue weighted by Crippen LogP contribution is 2.25. The zero-order valence-electron chi connectivity index (χ0n) is 13.7. The first-order valence-corrected chi connectivity index (χ1v) is 8.67. The molecule has 3 rings (SSSR count). The van der Waals surface area contributed by atoms with E-state index in [1.807, 2.05) is 35.7 Å². The molecular weight excluding hydrogens is 339 g/mol. The van der Waals surface area contributed by atoms with Crippen LogP contribution in [0.3, 0.4) is 0 Å². The first-order chi connectivity index (χ1) is 12.2. The van der Waals surface area contributed by atoms with Gasteiger partial charge in [0, 0.05) is 17.4 Å². The van der Waals surface area contributed by atoms with E-state index >= 15 is 0 Å². The summed E-state index contributed by atoms with van der Waals surface area (Å²) in [7, 11) is 1.42. The molecule has 0 radical (unpaired) electrons. The number of anilines is 1. The summed E-state index contributed by atoms with van der Waals surface area (Å²) in [5, 5.41) is 5.26. The summed E-state index contributed by atoms with van der Waals surface area (Å²) >= 11 is 1.38. The predicted molar refractivity (Wildman–Crippen MR) is 97.5 cm³/mol. The molecular formula is C19H17FN2O2S. The summed E-state index contributed by atoms with van der Waals surface area (Å²) in [6, 6.07) is 14.5. The van der Waals surface area contributed by atoms with E-state index in [1.165, 1.54) is 24.5 Å².